The van der Waals surface area contributed by atoms with Gasteiger partial charge in [-0.2, -0.15) is 0 Å². The number of hydrogen-bond acceptors (Lipinski definition) is 2. The van der Waals surface area contributed by atoms with Gasteiger partial charge in [-0.05, 0) is 0 Å². The lowest BCUT2D eigenvalue weighted by atomic mass is 9.33. The molecule has 0 unspecified atom stereocenters. The van der Waals surface area contributed by atoms with Crippen LogP contribution in [0.15, 0.2) is 0 Å². The molecule has 0 saturated heterocycles. The summed E-state index contributed by atoms with van der Waals surface area (Å²) in [7, 11) is 1.80. The van der Waals surface area contributed by atoms with Crippen LogP contribution in [-0.2, 0) is 5.97 Å². The molecule has 0 aromatic heterocycles. The largest absolute Gasteiger partial charge is 0.418 e. The Labute approximate surface area is 91.6 Å². The van der Waals surface area contributed by atoms with Gasteiger partial charge in [0.15, 0.2) is 7.17 Å². The van der Waals surface area contributed by atoms with Gasteiger partial charge in [0.05, 0.1) is 46.0 Å². The first kappa shape index (κ1) is 11.5. The maximum absolute atomic E-state index is 4.96. The van der Waals surface area contributed by atoms with Crippen LogP contribution < -0.4 is 0 Å². The Morgan fingerprint density at radius 3 is 1.70 bits per heavy atom. The molecule has 0 rings (SSSR count). The standard InChI is InChI=1S/C4H9B2I2O2/c1-4(2,3)5-6(9-7)10-8/h1-3H3. The molecule has 0 N–H and O–H groups in total. The van der Waals surface area contributed by atoms with Gasteiger partial charge in [0.2, 0.25) is 0 Å². The molecule has 1 radical (unpaired) electrons. The van der Waals surface area contributed by atoms with Crippen LogP contribution in [0.1, 0.15) is 20.8 Å². The van der Waals surface area contributed by atoms with Crippen molar-refractivity contribution in [1.82, 2.24) is 0 Å². The summed E-state index contributed by atoms with van der Waals surface area (Å²) < 4.78 is 9.92. The summed E-state index contributed by atoms with van der Waals surface area (Å²) in [5, 5.41) is 0.140. The molecule has 0 atom stereocenters. The molecule has 0 bridgehead atoms. The van der Waals surface area contributed by atoms with Crippen LogP contribution in [0.2, 0.25) is 5.31 Å². The van der Waals surface area contributed by atoms with E-state index in [1.54, 1.807) is 0 Å². The van der Waals surface area contributed by atoms with Crippen molar-refractivity contribution in [3.05, 3.63) is 0 Å². The predicted octanol–water partition coefficient (Wildman–Crippen LogP) is 2.63. The van der Waals surface area contributed by atoms with Crippen molar-refractivity contribution in [2.24, 2.45) is 0 Å². The van der Waals surface area contributed by atoms with Crippen LogP contribution in [0.5, 0.6) is 0 Å². The summed E-state index contributed by atoms with van der Waals surface area (Å²) >= 11 is 3.66. The fraction of sp³-hybridized carbons (Fsp3) is 1.00. The second-order valence-corrected chi connectivity index (χ2v) is 4.10. The van der Waals surface area contributed by atoms with Crippen LogP contribution in [0.3, 0.4) is 0 Å². The average Bonchev–Trinajstić information content (AvgIpc) is 1.81. The van der Waals surface area contributed by atoms with Gasteiger partial charge >= 0.3 is 7.01 Å². The molecule has 0 heterocycles. The molecule has 0 fully saturated rings. The molecule has 6 heteroatoms. The van der Waals surface area contributed by atoms with Crippen molar-refractivity contribution in [1.29, 1.82) is 0 Å². The minimum Gasteiger partial charge on any atom is -0.353 e. The van der Waals surface area contributed by atoms with Crippen molar-refractivity contribution in [3.8, 4) is 0 Å². The SMILES string of the molecule is CC(C)(C)[B]B(OI)OI. The predicted molar refractivity (Wildman–Crippen MR) is 61.4 cm³/mol. The molecule has 0 saturated carbocycles. The molecule has 10 heavy (non-hydrogen) atoms. The van der Waals surface area contributed by atoms with E-state index in [0.717, 1.165) is 0 Å². The normalized spacial score (nSPS) is 11.3. The second-order valence-electron chi connectivity index (χ2n) is 3.08. The Bertz CT molecular complexity index is 91.7. The van der Waals surface area contributed by atoms with Gasteiger partial charge in [0, 0.05) is 0 Å². The highest BCUT2D eigenvalue weighted by atomic mass is 127. The molecule has 0 aromatic rings. The fourth-order valence-electron chi connectivity index (χ4n) is 0.473. The van der Waals surface area contributed by atoms with Gasteiger partial charge in [-0.1, -0.05) is 26.1 Å². The minimum absolute atomic E-state index is 0.140. The third-order valence-corrected chi connectivity index (χ3v) is 1.81. The highest BCUT2D eigenvalue weighted by Crippen LogP contribution is 2.22. The van der Waals surface area contributed by atoms with E-state index in [2.05, 4.69) is 20.8 Å². The Balaban J connectivity index is 3.63. The van der Waals surface area contributed by atoms with E-state index in [-0.39, 0.29) is 12.3 Å². The van der Waals surface area contributed by atoms with E-state index < -0.39 is 0 Å². The zero-order chi connectivity index (χ0) is 8.20. The summed E-state index contributed by atoms with van der Waals surface area (Å²) in [5.41, 5.74) is 0. The van der Waals surface area contributed by atoms with Gasteiger partial charge in [-0.3, -0.25) is 0 Å². The first-order chi connectivity index (χ1) is 4.49. The topological polar surface area (TPSA) is 18.5 Å². The van der Waals surface area contributed by atoms with Gasteiger partial charge in [-0.15, -0.1) is 0 Å². The van der Waals surface area contributed by atoms with Gasteiger partial charge < -0.3 is 5.97 Å². The molecule has 0 aliphatic carbocycles. The lowest BCUT2D eigenvalue weighted by Crippen LogP contribution is -2.30. The summed E-state index contributed by atoms with van der Waals surface area (Å²) in [6, 6.07) is 0. The lowest BCUT2D eigenvalue weighted by molar-refractivity contribution is 0.599. The van der Waals surface area contributed by atoms with Crippen LogP contribution >= 0.6 is 46.0 Å². The Morgan fingerprint density at radius 1 is 1.20 bits per heavy atom. The number of halogens is 2. The third kappa shape index (κ3) is 6.23. The monoisotopic (exact) mass is 365 g/mol. The Morgan fingerprint density at radius 2 is 1.60 bits per heavy atom. The highest BCUT2D eigenvalue weighted by molar-refractivity contribution is 14.1. The average molecular weight is 365 g/mol. The zero-order valence-corrected chi connectivity index (χ0v) is 10.5. The van der Waals surface area contributed by atoms with E-state index in [0.29, 0.717) is 0 Å². The maximum atomic E-state index is 4.96. The minimum atomic E-state index is -0.207. The van der Waals surface area contributed by atoms with Crippen molar-refractivity contribution in [2.75, 3.05) is 0 Å². The smallest absolute Gasteiger partial charge is 0.353 e. The zero-order valence-electron chi connectivity index (χ0n) is 6.23. The molecule has 0 amide bonds. The summed E-state index contributed by atoms with van der Waals surface area (Å²) in [6.07, 6.45) is 0. The lowest BCUT2D eigenvalue weighted by Gasteiger charge is -2.17. The molecule has 0 aliphatic rings. The van der Waals surface area contributed by atoms with Crippen LogP contribution in [0, 0.1) is 0 Å². The quantitative estimate of drug-likeness (QED) is 0.566. The fourth-order valence-corrected chi connectivity index (χ4v) is 1.37. The van der Waals surface area contributed by atoms with Crippen LogP contribution in [-0.4, -0.2) is 14.2 Å². The molecule has 0 spiro atoms. The van der Waals surface area contributed by atoms with E-state index in [4.69, 9.17) is 5.97 Å². The second kappa shape index (κ2) is 5.21. The van der Waals surface area contributed by atoms with Gasteiger partial charge in [0.25, 0.3) is 0 Å². The van der Waals surface area contributed by atoms with E-state index in [9.17, 15) is 0 Å². The van der Waals surface area contributed by atoms with E-state index in [1.165, 1.54) is 0 Å². The van der Waals surface area contributed by atoms with Crippen molar-refractivity contribution < 1.29 is 5.97 Å². The Hall–Kier alpha value is 1.51. The first-order valence-electron chi connectivity index (χ1n) is 2.90. The number of rotatable bonds is 3. The van der Waals surface area contributed by atoms with Crippen molar-refractivity contribution in [2.45, 2.75) is 26.1 Å². The third-order valence-electron chi connectivity index (χ3n) is 0.812. The van der Waals surface area contributed by atoms with E-state index >= 15 is 0 Å². The molecule has 0 aliphatic heterocycles. The molecule has 57 valence electrons. The summed E-state index contributed by atoms with van der Waals surface area (Å²) in [5.74, 6) is 0. The van der Waals surface area contributed by atoms with Crippen molar-refractivity contribution >= 4 is 60.2 Å². The van der Waals surface area contributed by atoms with Crippen LogP contribution in [0.4, 0.5) is 0 Å². The molecular formula is C4H9B2I2O2. The van der Waals surface area contributed by atoms with Gasteiger partial charge in [0.1, 0.15) is 0 Å². The van der Waals surface area contributed by atoms with Gasteiger partial charge in [-0.25, -0.2) is 0 Å². The van der Waals surface area contributed by atoms with E-state index in [1.807, 2.05) is 53.2 Å². The molecule has 2 nitrogen and oxygen atoms in total. The van der Waals surface area contributed by atoms with Crippen LogP contribution in [0.25, 0.3) is 0 Å². The highest BCUT2D eigenvalue weighted by Gasteiger charge is 2.26. The Kier molecular flexibility index (Phi) is 5.99. The maximum Gasteiger partial charge on any atom is 0.418 e. The first-order valence-corrected chi connectivity index (χ1v) is 4.66. The van der Waals surface area contributed by atoms with Crippen molar-refractivity contribution in [3.63, 3.8) is 0 Å². The molecule has 0 aromatic carbocycles. The molecular weight excluding hydrogens is 355 g/mol. The summed E-state index contributed by atoms with van der Waals surface area (Å²) in [6.45, 7) is 6.31. The number of hydrogen-bond donors (Lipinski definition) is 0. The summed E-state index contributed by atoms with van der Waals surface area (Å²) in [4.78, 5) is 0.